The third kappa shape index (κ3) is 5.04. The number of fused-ring (bicyclic) bond motifs is 1. The molecule has 0 unspecified atom stereocenters. The van der Waals surface area contributed by atoms with E-state index >= 15 is 0 Å². The number of pyridine rings is 1. The number of ether oxygens (including phenoxy) is 1. The van der Waals surface area contributed by atoms with Crippen LogP contribution in [-0.4, -0.2) is 80.3 Å². The summed E-state index contributed by atoms with van der Waals surface area (Å²) in [7, 11) is 0. The lowest BCUT2D eigenvalue weighted by molar-refractivity contribution is -0.0215. The van der Waals surface area contributed by atoms with Crippen molar-refractivity contribution in [3.63, 3.8) is 0 Å². The molecule has 1 atom stereocenters. The summed E-state index contributed by atoms with van der Waals surface area (Å²) in [6, 6.07) is 9.56. The van der Waals surface area contributed by atoms with Gasteiger partial charge < -0.3 is 14.6 Å². The molecular formula is C30H30F2N6O3. The van der Waals surface area contributed by atoms with E-state index in [2.05, 4.69) is 14.9 Å². The van der Waals surface area contributed by atoms with E-state index in [1.54, 1.807) is 12.1 Å². The van der Waals surface area contributed by atoms with Crippen molar-refractivity contribution in [1.29, 1.82) is 0 Å². The number of morpholine rings is 1. The molecule has 3 aromatic heterocycles. The molecule has 5 heterocycles. The first kappa shape index (κ1) is 26.0. The van der Waals surface area contributed by atoms with E-state index in [0.29, 0.717) is 41.1 Å². The summed E-state index contributed by atoms with van der Waals surface area (Å²) in [5.74, 6) is -0.353. The largest absolute Gasteiger partial charge is 0.376 e. The van der Waals surface area contributed by atoms with Crippen LogP contribution in [0.5, 0.6) is 0 Å². The SMILES string of the molecule is C[C@@H]1CN(Cc2cc3ncn(-c4cc(-c5ccc(F)cc5C(=O)N5CC(F)C5)cc(C5CC5)n4)c(=O)c3[nH]2)CCO1. The number of hydrogen-bond donors (Lipinski definition) is 1. The molecule has 2 aliphatic heterocycles. The van der Waals surface area contributed by atoms with E-state index in [4.69, 9.17) is 9.72 Å². The van der Waals surface area contributed by atoms with Gasteiger partial charge in [-0.05, 0) is 61.2 Å². The van der Waals surface area contributed by atoms with E-state index in [-0.39, 0.29) is 36.2 Å². The van der Waals surface area contributed by atoms with Crippen LogP contribution in [0.15, 0.2) is 47.5 Å². The van der Waals surface area contributed by atoms with Gasteiger partial charge in [0.2, 0.25) is 0 Å². The predicted molar refractivity (Wildman–Crippen MR) is 148 cm³/mol. The van der Waals surface area contributed by atoms with Gasteiger partial charge in [-0.2, -0.15) is 0 Å². The van der Waals surface area contributed by atoms with Gasteiger partial charge in [-0.25, -0.2) is 23.3 Å². The molecule has 1 aromatic carbocycles. The fourth-order valence-corrected chi connectivity index (χ4v) is 5.69. The molecule has 11 heteroatoms. The van der Waals surface area contributed by atoms with Gasteiger partial charge in [-0.15, -0.1) is 0 Å². The molecule has 7 rings (SSSR count). The normalized spacial score (nSPS) is 20.0. The number of carbonyl (C=O) groups is 1. The molecule has 212 valence electrons. The predicted octanol–water partition coefficient (Wildman–Crippen LogP) is 3.81. The zero-order valence-corrected chi connectivity index (χ0v) is 22.6. The van der Waals surface area contributed by atoms with Gasteiger partial charge in [0.05, 0.1) is 36.9 Å². The van der Waals surface area contributed by atoms with Crippen LogP contribution in [0.4, 0.5) is 8.78 Å². The average molecular weight is 561 g/mol. The summed E-state index contributed by atoms with van der Waals surface area (Å²) in [6.07, 6.45) is 2.52. The van der Waals surface area contributed by atoms with Crippen LogP contribution in [0, 0.1) is 5.82 Å². The van der Waals surface area contributed by atoms with Crippen molar-refractivity contribution in [3.05, 3.63) is 75.8 Å². The van der Waals surface area contributed by atoms with Crippen molar-refractivity contribution in [2.75, 3.05) is 32.8 Å². The lowest BCUT2D eigenvalue weighted by atomic mass is 9.97. The van der Waals surface area contributed by atoms with Gasteiger partial charge in [0, 0.05) is 36.9 Å². The van der Waals surface area contributed by atoms with E-state index in [1.807, 2.05) is 19.1 Å². The molecule has 2 saturated heterocycles. The van der Waals surface area contributed by atoms with Crippen LogP contribution in [0.2, 0.25) is 0 Å². The van der Waals surface area contributed by atoms with Crippen molar-refractivity contribution in [2.45, 2.75) is 44.5 Å². The molecule has 3 aliphatic rings. The molecule has 3 fully saturated rings. The molecule has 0 bridgehead atoms. The maximum absolute atomic E-state index is 14.3. The Balaban J connectivity index is 1.27. The molecule has 0 radical (unpaired) electrons. The number of aromatic amines is 1. The van der Waals surface area contributed by atoms with Crippen LogP contribution in [0.3, 0.4) is 0 Å². The number of amides is 1. The van der Waals surface area contributed by atoms with Crippen LogP contribution in [0.1, 0.15) is 47.4 Å². The number of nitrogens with one attached hydrogen (secondary N) is 1. The highest BCUT2D eigenvalue weighted by atomic mass is 19.1. The van der Waals surface area contributed by atoms with Crippen molar-refractivity contribution < 1.29 is 18.3 Å². The maximum atomic E-state index is 14.3. The number of benzene rings is 1. The highest BCUT2D eigenvalue weighted by molar-refractivity contribution is 6.01. The Morgan fingerprint density at radius 1 is 1.15 bits per heavy atom. The number of rotatable bonds is 6. The lowest BCUT2D eigenvalue weighted by Gasteiger charge is -2.34. The number of carbonyl (C=O) groups excluding carboxylic acids is 1. The Morgan fingerprint density at radius 3 is 2.73 bits per heavy atom. The smallest absolute Gasteiger partial charge is 0.283 e. The number of alkyl halides is 1. The summed E-state index contributed by atoms with van der Waals surface area (Å²) in [4.78, 5) is 43.1. The first-order chi connectivity index (χ1) is 19.8. The topological polar surface area (TPSA) is 96.4 Å². The van der Waals surface area contributed by atoms with Crippen LogP contribution in [0.25, 0.3) is 28.0 Å². The molecule has 1 amide bonds. The zero-order chi connectivity index (χ0) is 28.2. The van der Waals surface area contributed by atoms with Gasteiger partial charge in [-0.1, -0.05) is 6.07 Å². The van der Waals surface area contributed by atoms with Gasteiger partial charge in [-0.3, -0.25) is 14.5 Å². The highest BCUT2D eigenvalue weighted by Crippen LogP contribution is 2.41. The molecule has 0 spiro atoms. The van der Waals surface area contributed by atoms with Gasteiger partial charge in [0.25, 0.3) is 11.5 Å². The maximum Gasteiger partial charge on any atom is 0.283 e. The molecule has 9 nitrogen and oxygen atoms in total. The third-order valence-electron chi connectivity index (χ3n) is 8.04. The minimum absolute atomic E-state index is 0.00647. The standard InChI is InChI=1S/C30H30F2N6O3/c1-17-12-36(6-7-41-17)15-22-11-26-28(34-22)30(40)38(16-33-26)27-9-19(8-25(35-27)18-2-3-18)23-5-4-20(31)10-24(23)29(39)37-13-21(32)14-37/h4-5,8-11,16-18,21,34H,2-3,6-7,12-15H2,1H3/t17-/m1/s1. The first-order valence-corrected chi connectivity index (χ1v) is 14.0. The van der Waals surface area contributed by atoms with E-state index < -0.39 is 17.9 Å². The van der Waals surface area contributed by atoms with E-state index in [1.165, 1.54) is 27.9 Å². The monoisotopic (exact) mass is 560 g/mol. The minimum Gasteiger partial charge on any atom is -0.376 e. The molecular weight excluding hydrogens is 530 g/mol. The summed E-state index contributed by atoms with van der Waals surface area (Å²) < 4.78 is 34.8. The van der Waals surface area contributed by atoms with E-state index in [9.17, 15) is 18.4 Å². The van der Waals surface area contributed by atoms with Gasteiger partial charge in [0.15, 0.2) is 0 Å². The fraction of sp³-hybridized carbons (Fsp3) is 0.400. The Bertz CT molecular complexity index is 1710. The Hall–Kier alpha value is -3.96. The lowest BCUT2D eigenvalue weighted by Crippen LogP contribution is -2.51. The summed E-state index contributed by atoms with van der Waals surface area (Å²) in [6.45, 7) is 4.99. The summed E-state index contributed by atoms with van der Waals surface area (Å²) in [5.41, 5.74) is 3.68. The Kier molecular flexibility index (Phi) is 6.43. The molecule has 41 heavy (non-hydrogen) atoms. The second-order valence-electron chi connectivity index (χ2n) is 11.3. The second kappa shape index (κ2) is 10.1. The van der Waals surface area contributed by atoms with Gasteiger partial charge >= 0.3 is 0 Å². The highest BCUT2D eigenvalue weighted by Gasteiger charge is 2.33. The van der Waals surface area contributed by atoms with Gasteiger partial charge in [0.1, 0.15) is 29.7 Å². The van der Waals surface area contributed by atoms with Crippen molar-refractivity contribution in [1.82, 2.24) is 29.3 Å². The van der Waals surface area contributed by atoms with Crippen molar-refractivity contribution in [3.8, 4) is 16.9 Å². The Morgan fingerprint density at radius 2 is 1.98 bits per heavy atom. The average Bonchev–Trinajstić information content (AvgIpc) is 3.71. The van der Waals surface area contributed by atoms with E-state index in [0.717, 1.165) is 37.3 Å². The molecule has 1 aliphatic carbocycles. The van der Waals surface area contributed by atoms with Crippen LogP contribution in [-0.2, 0) is 11.3 Å². The minimum atomic E-state index is -1.06. The quantitative estimate of drug-likeness (QED) is 0.386. The second-order valence-corrected chi connectivity index (χ2v) is 11.3. The zero-order valence-electron chi connectivity index (χ0n) is 22.6. The molecule has 1 saturated carbocycles. The summed E-state index contributed by atoms with van der Waals surface area (Å²) in [5, 5.41) is 0. The summed E-state index contributed by atoms with van der Waals surface area (Å²) >= 11 is 0. The third-order valence-corrected chi connectivity index (χ3v) is 8.04. The van der Waals surface area contributed by atoms with Crippen LogP contribution >= 0.6 is 0 Å². The van der Waals surface area contributed by atoms with Crippen LogP contribution < -0.4 is 5.56 Å². The number of H-pyrrole nitrogens is 1. The number of halogens is 2. The number of hydrogen-bond acceptors (Lipinski definition) is 6. The number of nitrogens with zero attached hydrogens (tertiary/aromatic N) is 5. The fourth-order valence-electron chi connectivity index (χ4n) is 5.69. The molecule has 1 N–H and O–H groups in total. The number of likely N-dealkylation sites (tertiary alicyclic amines) is 1. The number of aromatic nitrogens is 4. The Labute approximate surface area is 234 Å². The van der Waals surface area contributed by atoms with Crippen molar-refractivity contribution >= 4 is 16.9 Å². The van der Waals surface area contributed by atoms with Crippen molar-refractivity contribution in [2.24, 2.45) is 0 Å². The molecule has 4 aromatic rings. The first-order valence-electron chi connectivity index (χ1n) is 14.0.